The number of furan rings is 1. The van der Waals surface area contributed by atoms with Crippen LogP contribution in [0.2, 0.25) is 5.02 Å². The van der Waals surface area contributed by atoms with Gasteiger partial charge in [0.2, 0.25) is 5.91 Å². The van der Waals surface area contributed by atoms with Crippen molar-refractivity contribution in [2.45, 2.75) is 26.3 Å². The maximum atomic E-state index is 12.1. The second-order valence-electron chi connectivity index (χ2n) is 5.19. The molecule has 0 saturated carbocycles. The molecule has 5 heteroatoms. The SMILES string of the molecule is Cc1ccc(CN(C)C(=O)CCC(=O)c2ccc(Cl)cc2)o1. The van der Waals surface area contributed by atoms with Crippen LogP contribution in [0.4, 0.5) is 0 Å². The highest BCUT2D eigenvalue weighted by atomic mass is 35.5. The Balaban J connectivity index is 1.83. The van der Waals surface area contributed by atoms with Crippen molar-refractivity contribution >= 4 is 23.3 Å². The van der Waals surface area contributed by atoms with Crippen LogP contribution < -0.4 is 0 Å². The van der Waals surface area contributed by atoms with E-state index in [-0.39, 0.29) is 24.5 Å². The van der Waals surface area contributed by atoms with Crippen molar-refractivity contribution in [2.24, 2.45) is 0 Å². The fraction of sp³-hybridized carbons (Fsp3) is 0.294. The van der Waals surface area contributed by atoms with Crippen molar-refractivity contribution in [3.8, 4) is 0 Å². The van der Waals surface area contributed by atoms with Crippen LogP contribution in [0.1, 0.15) is 34.7 Å². The monoisotopic (exact) mass is 319 g/mol. The number of hydrogen-bond acceptors (Lipinski definition) is 3. The number of Topliss-reactive ketones (excluding diaryl/α,β-unsaturated/α-hetero) is 1. The van der Waals surface area contributed by atoms with Crippen molar-refractivity contribution < 1.29 is 14.0 Å². The Morgan fingerprint density at radius 3 is 2.36 bits per heavy atom. The lowest BCUT2D eigenvalue weighted by atomic mass is 10.1. The molecule has 22 heavy (non-hydrogen) atoms. The van der Waals surface area contributed by atoms with Crippen molar-refractivity contribution in [3.05, 3.63) is 58.5 Å². The van der Waals surface area contributed by atoms with Crippen LogP contribution in [0.25, 0.3) is 0 Å². The van der Waals surface area contributed by atoms with Crippen molar-refractivity contribution in [3.63, 3.8) is 0 Å². The summed E-state index contributed by atoms with van der Waals surface area (Å²) in [5, 5.41) is 0.584. The van der Waals surface area contributed by atoms with Crippen LogP contribution >= 0.6 is 11.6 Å². The first kappa shape index (κ1) is 16.3. The molecule has 116 valence electrons. The molecule has 0 bridgehead atoms. The highest BCUT2D eigenvalue weighted by Crippen LogP contribution is 2.13. The van der Waals surface area contributed by atoms with Gasteiger partial charge in [-0.1, -0.05) is 11.6 Å². The van der Waals surface area contributed by atoms with Crippen LogP contribution in [-0.2, 0) is 11.3 Å². The van der Waals surface area contributed by atoms with E-state index in [1.807, 2.05) is 19.1 Å². The van der Waals surface area contributed by atoms with Gasteiger partial charge >= 0.3 is 0 Å². The van der Waals surface area contributed by atoms with E-state index in [0.717, 1.165) is 11.5 Å². The number of hydrogen-bond donors (Lipinski definition) is 0. The Labute approximate surface area is 134 Å². The Morgan fingerprint density at radius 1 is 1.09 bits per heavy atom. The van der Waals surface area contributed by atoms with Crippen molar-refractivity contribution in [2.75, 3.05) is 7.05 Å². The van der Waals surface area contributed by atoms with Gasteiger partial charge in [0.05, 0.1) is 6.54 Å². The summed E-state index contributed by atoms with van der Waals surface area (Å²) in [5.41, 5.74) is 0.571. The Morgan fingerprint density at radius 2 is 1.77 bits per heavy atom. The zero-order valence-electron chi connectivity index (χ0n) is 12.6. The van der Waals surface area contributed by atoms with Gasteiger partial charge in [0.15, 0.2) is 5.78 Å². The number of halogens is 1. The van der Waals surface area contributed by atoms with Gasteiger partial charge in [-0.15, -0.1) is 0 Å². The molecule has 0 unspecified atom stereocenters. The van der Waals surface area contributed by atoms with Gasteiger partial charge in [-0.05, 0) is 43.3 Å². The second kappa shape index (κ2) is 7.27. The van der Waals surface area contributed by atoms with E-state index in [0.29, 0.717) is 17.1 Å². The molecule has 1 amide bonds. The van der Waals surface area contributed by atoms with Gasteiger partial charge in [-0.3, -0.25) is 9.59 Å². The predicted molar refractivity (Wildman–Crippen MR) is 84.9 cm³/mol. The minimum Gasteiger partial charge on any atom is -0.464 e. The maximum Gasteiger partial charge on any atom is 0.223 e. The van der Waals surface area contributed by atoms with Crippen LogP contribution in [0.5, 0.6) is 0 Å². The highest BCUT2D eigenvalue weighted by molar-refractivity contribution is 6.30. The van der Waals surface area contributed by atoms with Crippen molar-refractivity contribution in [1.29, 1.82) is 0 Å². The van der Waals surface area contributed by atoms with E-state index in [1.165, 1.54) is 0 Å². The molecule has 4 nitrogen and oxygen atoms in total. The molecule has 1 aromatic carbocycles. The van der Waals surface area contributed by atoms with E-state index >= 15 is 0 Å². The maximum absolute atomic E-state index is 12.1. The lowest BCUT2D eigenvalue weighted by Gasteiger charge is -2.15. The summed E-state index contributed by atoms with van der Waals surface area (Å²) < 4.78 is 5.44. The molecule has 0 aliphatic rings. The molecule has 0 aliphatic carbocycles. The van der Waals surface area contributed by atoms with Crippen LogP contribution in [0, 0.1) is 6.92 Å². The summed E-state index contributed by atoms with van der Waals surface area (Å²) in [7, 11) is 1.70. The number of carbonyl (C=O) groups excluding carboxylic acids is 2. The summed E-state index contributed by atoms with van der Waals surface area (Å²) in [4.78, 5) is 25.6. The Hall–Kier alpha value is -2.07. The lowest BCUT2D eigenvalue weighted by Crippen LogP contribution is -2.26. The molecule has 0 saturated heterocycles. The molecule has 0 radical (unpaired) electrons. The molecular formula is C17H18ClNO3. The smallest absolute Gasteiger partial charge is 0.223 e. The third-order valence-corrected chi connectivity index (χ3v) is 3.60. The fourth-order valence-electron chi connectivity index (χ4n) is 2.08. The quantitative estimate of drug-likeness (QED) is 0.760. The first-order chi connectivity index (χ1) is 10.5. The van der Waals surface area contributed by atoms with Crippen LogP contribution in [0.3, 0.4) is 0 Å². The number of rotatable bonds is 6. The fourth-order valence-corrected chi connectivity index (χ4v) is 2.21. The molecule has 0 aliphatic heterocycles. The van der Waals surface area contributed by atoms with E-state index in [4.69, 9.17) is 16.0 Å². The van der Waals surface area contributed by atoms with Gasteiger partial charge in [0.25, 0.3) is 0 Å². The summed E-state index contributed by atoms with van der Waals surface area (Å²) in [6, 6.07) is 10.4. The number of nitrogens with zero attached hydrogens (tertiary/aromatic N) is 1. The van der Waals surface area contributed by atoms with Gasteiger partial charge < -0.3 is 9.32 Å². The van der Waals surface area contributed by atoms with Gasteiger partial charge in [0, 0.05) is 30.5 Å². The summed E-state index contributed by atoms with van der Waals surface area (Å²) in [6.07, 6.45) is 0.361. The molecule has 1 aromatic heterocycles. The molecule has 2 aromatic rings. The zero-order chi connectivity index (χ0) is 16.1. The van der Waals surface area contributed by atoms with E-state index < -0.39 is 0 Å². The molecule has 0 N–H and O–H groups in total. The Kier molecular flexibility index (Phi) is 5.39. The van der Waals surface area contributed by atoms with Crippen LogP contribution in [-0.4, -0.2) is 23.6 Å². The van der Waals surface area contributed by atoms with Gasteiger partial charge in [-0.2, -0.15) is 0 Å². The number of amides is 1. The van der Waals surface area contributed by atoms with Crippen molar-refractivity contribution in [1.82, 2.24) is 4.90 Å². The van der Waals surface area contributed by atoms with E-state index in [2.05, 4.69) is 0 Å². The molecule has 1 heterocycles. The minimum absolute atomic E-state index is 0.0627. The third-order valence-electron chi connectivity index (χ3n) is 3.35. The highest BCUT2D eigenvalue weighted by Gasteiger charge is 2.14. The first-order valence-electron chi connectivity index (χ1n) is 7.04. The van der Waals surface area contributed by atoms with Gasteiger partial charge in [-0.25, -0.2) is 0 Å². The molecule has 0 atom stereocenters. The average Bonchev–Trinajstić information content (AvgIpc) is 2.90. The number of carbonyl (C=O) groups is 2. The summed E-state index contributed by atoms with van der Waals surface area (Å²) >= 11 is 5.78. The average molecular weight is 320 g/mol. The van der Waals surface area contributed by atoms with Crippen LogP contribution in [0.15, 0.2) is 40.8 Å². The Bertz CT molecular complexity index is 661. The standard InChI is InChI=1S/C17H18ClNO3/c1-12-3-8-15(22-12)11-19(2)17(21)10-9-16(20)13-4-6-14(18)7-5-13/h3-8H,9-11H2,1-2H3. The first-order valence-corrected chi connectivity index (χ1v) is 7.41. The second-order valence-corrected chi connectivity index (χ2v) is 5.63. The number of ketones is 1. The van der Waals surface area contributed by atoms with Gasteiger partial charge in [0.1, 0.15) is 11.5 Å². The lowest BCUT2D eigenvalue weighted by molar-refractivity contribution is -0.130. The summed E-state index contributed by atoms with van der Waals surface area (Å²) in [6.45, 7) is 2.26. The largest absolute Gasteiger partial charge is 0.464 e. The topological polar surface area (TPSA) is 50.5 Å². The third kappa shape index (κ3) is 4.46. The minimum atomic E-state index is -0.0867. The van der Waals surface area contributed by atoms with E-state index in [1.54, 1.807) is 36.2 Å². The molecule has 0 fully saturated rings. The molecule has 0 spiro atoms. The number of aryl methyl sites for hydroxylation is 1. The zero-order valence-corrected chi connectivity index (χ0v) is 13.4. The molecular weight excluding hydrogens is 302 g/mol. The molecule has 2 rings (SSSR count). The summed E-state index contributed by atoms with van der Waals surface area (Å²) in [5.74, 6) is 1.40. The van der Waals surface area contributed by atoms with E-state index in [9.17, 15) is 9.59 Å². The normalized spacial score (nSPS) is 10.5. The number of benzene rings is 1. The predicted octanol–water partition coefficient (Wildman–Crippen LogP) is 3.86.